The topological polar surface area (TPSA) is 88.2 Å². The molecule has 0 bridgehead atoms. The van der Waals surface area contributed by atoms with E-state index in [2.05, 4.69) is 15.0 Å². The molecule has 0 spiro atoms. The highest BCUT2D eigenvalue weighted by Crippen LogP contribution is 2.22. The van der Waals surface area contributed by atoms with E-state index in [1.807, 2.05) is 0 Å². The molecule has 1 aliphatic rings. The molecule has 2 N–H and O–H groups in total. The van der Waals surface area contributed by atoms with Crippen molar-refractivity contribution < 1.29 is 13.2 Å². The lowest BCUT2D eigenvalue weighted by Gasteiger charge is -2.07. The summed E-state index contributed by atoms with van der Waals surface area (Å²) in [5.41, 5.74) is 0.967. The van der Waals surface area contributed by atoms with Crippen LogP contribution in [0.1, 0.15) is 23.2 Å². The van der Waals surface area contributed by atoms with Gasteiger partial charge >= 0.3 is 0 Å². The average Bonchev–Trinajstić information content (AvgIpc) is 3.32. The van der Waals surface area contributed by atoms with Crippen molar-refractivity contribution in [1.82, 2.24) is 9.71 Å². The first-order valence-corrected chi connectivity index (χ1v) is 8.37. The highest BCUT2D eigenvalue weighted by Gasteiger charge is 2.27. The van der Waals surface area contributed by atoms with E-state index in [1.165, 1.54) is 30.5 Å². The first-order chi connectivity index (χ1) is 10.5. The number of aromatic nitrogens is 1. The molecule has 0 radical (unpaired) electrons. The molecular formula is C15H15N3O3S. The van der Waals surface area contributed by atoms with Gasteiger partial charge < -0.3 is 5.32 Å². The summed E-state index contributed by atoms with van der Waals surface area (Å²) < 4.78 is 26.7. The Balaban J connectivity index is 1.72. The van der Waals surface area contributed by atoms with Crippen LogP contribution in [-0.4, -0.2) is 25.4 Å². The summed E-state index contributed by atoms with van der Waals surface area (Å²) in [7, 11) is -3.49. The van der Waals surface area contributed by atoms with Crippen molar-refractivity contribution >= 4 is 21.6 Å². The molecule has 0 atom stereocenters. The molecule has 2 aromatic rings. The van der Waals surface area contributed by atoms with Crippen LogP contribution >= 0.6 is 0 Å². The lowest BCUT2D eigenvalue weighted by molar-refractivity contribution is 0.102. The Morgan fingerprint density at radius 2 is 1.86 bits per heavy atom. The third-order valence-electron chi connectivity index (χ3n) is 3.25. The fourth-order valence-electron chi connectivity index (χ4n) is 1.91. The van der Waals surface area contributed by atoms with Gasteiger partial charge in [0, 0.05) is 17.8 Å². The van der Waals surface area contributed by atoms with E-state index in [9.17, 15) is 13.2 Å². The largest absolute Gasteiger partial charge is 0.321 e. The number of nitrogens with one attached hydrogen (secondary N) is 2. The number of benzene rings is 1. The lowest BCUT2D eigenvalue weighted by atomic mass is 10.2. The van der Waals surface area contributed by atoms with Gasteiger partial charge in [0.1, 0.15) is 0 Å². The van der Waals surface area contributed by atoms with Crippen LogP contribution in [0, 0.1) is 0 Å². The second-order valence-electron chi connectivity index (χ2n) is 5.12. The van der Waals surface area contributed by atoms with Gasteiger partial charge in [-0.15, -0.1) is 0 Å². The minimum Gasteiger partial charge on any atom is -0.321 e. The number of carbonyl (C=O) groups is 1. The number of pyridine rings is 1. The maximum Gasteiger partial charge on any atom is 0.255 e. The number of rotatable bonds is 5. The summed E-state index contributed by atoms with van der Waals surface area (Å²) in [4.78, 5) is 16.1. The zero-order chi connectivity index (χ0) is 15.6. The monoisotopic (exact) mass is 317 g/mol. The summed E-state index contributed by atoms with van der Waals surface area (Å²) in [6.45, 7) is 0. The molecule has 0 saturated heterocycles. The number of amides is 1. The van der Waals surface area contributed by atoms with Gasteiger partial charge in [-0.05, 0) is 49.2 Å². The highest BCUT2D eigenvalue weighted by molar-refractivity contribution is 7.89. The molecular weight excluding hydrogens is 302 g/mol. The van der Waals surface area contributed by atoms with E-state index in [4.69, 9.17) is 0 Å². The van der Waals surface area contributed by atoms with Gasteiger partial charge in [-0.25, -0.2) is 13.1 Å². The maximum absolute atomic E-state index is 12.1. The van der Waals surface area contributed by atoms with Crippen LogP contribution < -0.4 is 10.0 Å². The molecule has 7 heteroatoms. The van der Waals surface area contributed by atoms with Gasteiger partial charge in [-0.1, -0.05) is 0 Å². The minimum absolute atomic E-state index is 0.0542. The summed E-state index contributed by atoms with van der Waals surface area (Å²) in [5, 5.41) is 2.69. The zero-order valence-electron chi connectivity index (χ0n) is 11.7. The number of hydrogen-bond acceptors (Lipinski definition) is 4. The molecule has 0 aliphatic heterocycles. The number of sulfonamides is 1. The smallest absolute Gasteiger partial charge is 0.255 e. The Morgan fingerprint density at radius 3 is 2.45 bits per heavy atom. The Bertz CT molecular complexity index is 769. The van der Waals surface area contributed by atoms with Crippen molar-refractivity contribution in [2.24, 2.45) is 0 Å². The zero-order valence-corrected chi connectivity index (χ0v) is 12.5. The maximum atomic E-state index is 12.1. The average molecular weight is 317 g/mol. The van der Waals surface area contributed by atoms with Gasteiger partial charge in [0.2, 0.25) is 10.0 Å². The molecule has 22 heavy (non-hydrogen) atoms. The van der Waals surface area contributed by atoms with E-state index in [-0.39, 0.29) is 16.8 Å². The van der Waals surface area contributed by atoms with Gasteiger partial charge in [0.15, 0.2) is 0 Å². The van der Waals surface area contributed by atoms with Crippen LogP contribution in [0.15, 0.2) is 53.7 Å². The number of anilines is 1. The Kier molecular flexibility index (Phi) is 3.91. The molecule has 1 saturated carbocycles. The molecule has 1 amide bonds. The second-order valence-corrected chi connectivity index (χ2v) is 6.83. The Labute approximate surface area is 128 Å². The van der Waals surface area contributed by atoms with Crippen molar-refractivity contribution in [3.8, 4) is 0 Å². The SMILES string of the molecule is O=C(Nc1cccnc1)c1ccc(S(=O)(=O)NC2CC2)cc1. The van der Waals surface area contributed by atoms with Gasteiger partial charge in [0.05, 0.1) is 16.8 Å². The molecule has 1 aliphatic carbocycles. The molecule has 0 unspecified atom stereocenters. The molecule has 114 valence electrons. The van der Waals surface area contributed by atoms with Crippen molar-refractivity contribution in [3.63, 3.8) is 0 Å². The predicted molar refractivity (Wildman–Crippen MR) is 82.0 cm³/mol. The normalized spacial score (nSPS) is 14.5. The van der Waals surface area contributed by atoms with E-state index < -0.39 is 10.0 Å². The fraction of sp³-hybridized carbons (Fsp3) is 0.200. The Hall–Kier alpha value is -2.25. The van der Waals surface area contributed by atoms with E-state index in [0.29, 0.717) is 11.3 Å². The van der Waals surface area contributed by atoms with Gasteiger partial charge in [-0.2, -0.15) is 0 Å². The summed E-state index contributed by atoms with van der Waals surface area (Å²) in [6.07, 6.45) is 4.91. The molecule has 1 fully saturated rings. The van der Waals surface area contributed by atoms with Crippen LogP contribution in [0.2, 0.25) is 0 Å². The van der Waals surface area contributed by atoms with Crippen LogP contribution in [-0.2, 0) is 10.0 Å². The first-order valence-electron chi connectivity index (χ1n) is 6.88. The summed E-state index contributed by atoms with van der Waals surface area (Å²) >= 11 is 0. The minimum atomic E-state index is -3.49. The summed E-state index contributed by atoms with van der Waals surface area (Å²) in [6, 6.07) is 9.35. The third-order valence-corrected chi connectivity index (χ3v) is 4.78. The quantitative estimate of drug-likeness (QED) is 0.880. The third kappa shape index (κ3) is 3.49. The van der Waals surface area contributed by atoms with Crippen LogP contribution in [0.25, 0.3) is 0 Å². The number of carbonyl (C=O) groups excluding carboxylic acids is 1. The standard InChI is InChI=1S/C15H15N3O3S/c19-15(17-13-2-1-9-16-10-13)11-3-7-14(8-4-11)22(20,21)18-12-5-6-12/h1-4,7-10,12,18H,5-6H2,(H,17,19). The van der Waals surface area contributed by atoms with Gasteiger partial charge in [-0.3, -0.25) is 9.78 Å². The van der Waals surface area contributed by atoms with Gasteiger partial charge in [0.25, 0.3) is 5.91 Å². The molecule has 1 heterocycles. The van der Waals surface area contributed by atoms with E-state index in [0.717, 1.165) is 12.8 Å². The fourth-order valence-corrected chi connectivity index (χ4v) is 3.22. The van der Waals surface area contributed by atoms with Crippen LogP contribution in [0.3, 0.4) is 0 Å². The first kappa shape index (κ1) is 14.7. The van der Waals surface area contributed by atoms with Crippen molar-refractivity contribution in [1.29, 1.82) is 0 Å². The van der Waals surface area contributed by atoms with E-state index in [1.54, 1.807) is 18.3 Å². The van der Waals surface area contributed by atoms with E-state index >= 15 is 0 Å². The van der Waals surface area contributed by atoms with Crippen molar-refractivity contribution in [3.05, 3.63) is 54.4 Å². The van der Waals surface area contributed by atoms with Crippen molar-refractivity contribution in [2.75, 3.05) is 5.32 Å². The highest BCUT2D eigenvalue weighted by atomic mass is 32.2. The summed E-state index contributed by atoms with van der Waals surface area (Å²) in [5.74, 6) is -0.313. The molecule has 1 aromatic carbocycles. The lowest BCUT2D eigenvalue weighted by Crippen LogP contribution is -2.25. The number of hydrogen-bond donors (Lipinski definition) is 2. The molecule has 1 aromatic heterocycles. The van der Waals surface area contributed by atoms with Crippen molar-refractivity contribution in [2.45, 2.75) is 23.8 Å². The van der Waals surface area contributed by atoms with Crippen LogP contribution in [0.5, 0.6) is 0 Å². The predicted octanol–water partition coefficient (Wildman–Crippen LogP) is 1.77. The Morgan fingerprint density at radius 1 is 1.14 bits per heavy atom. The van der Waals surface area contributed by atoms with Crippen LogP contribution in [0.4, 0.5) is 5.69 Å². The molecule has 3 rings (SSSR count). The number of nitrogens with zero attached hydrogens (tertiary/aromatic N) is 1. The molecule has 6 nitrogen and oxygen atoms in total. The second kappa shape index (κ2) is 5.86.